The average molecular weight is 1020 g/mol. The predicted molar refractivity (Wildman–Crippen MR) is 206 cm³/mol. The minimum atomic E-state index is -5.37. The van der Waals surface area contributed by atoms with Gasteiger partial charge >= 0.3 is 32.7 Å². The molecule has 4 saturated heterocycles. The number of carboxylic acids is 2. The van der Waals surface area contributed by atoms with Crippen molar-refractivity contribution in [3.8, 4) is 0 Å². The topological polar surface area (TPSA) is 501 Å². The molecular weight excluding hydrogens is 966 g/mol. The van der Waals surface area contributed by atoms with Crippen molar-refractivity contribution in [1.29, 1.82) is 0 Å². The lowest BCUT2D eigenvalue weighted by atomic mass is 9.94. The lowest BCUT2D eigenvalue weighted by Gasteiger charge is -2.49. The summed E-state index contributed by atoms with van der Waals surface area (Å²) in [5, 5.41) is 101. The van der Waals surface area contributed by atoms with E-state index in [4.69, 9.17) is 43.6 Å². The van der Waals surface area contributed by atoms with Gasteiger partial charge in [-0.25, -0.2) is 18.0 Å². The van der Waals surface area contributed by atoms with E-state index in [0.717, 1.165) is 13.8 Å². The highest BCUT2D eigenvalue weighted by Gasteiger charge is 2.57. The Morgan fingerprint density at radius 1 is 0.537 bits per heavy atom. The van der Waals surface area contributed by atoms with Gasteiger partial charge in [0, 0.05) is 20.5 Å². The number of hydrogen-bond acceptors (Lipinski definition) is 26. The number of nitrogens with one attached hydrogen (secondary N) is 2. The molecular formula is C33H55N3O29S2. The zero-order valence-corrected chi connectivity index (χ0v) is 36.8. The molecule has 15 N–H and O–H groups in total. The lowest BCUT2D eigenvalue weighted by Crippen LogP contribution is -2.70. The van der Waals surface area contributed by atoms with Gasteiger partial charge in [0.15, 0.2) is 37.4 Å². The van der Waals surface area contributed by atoms with Crippen molar-refractivity contribution in [2.45, 2.75) is 156 Å². The fraction of sp³-hybridized carbons (Fsp3) is 0.879. The number of aliphatic hydroxyl groups is 7. The molecule has 67 heavy (non-hydrogen) atoms. The van der Waals surface area contributed by atoms with Gasteiger partial charge in [0.25, 0.3) is 0 Å². The molecule has 0 saturated carbocycles. The van der Waals surface area contributed by atoms with Crippen molar-refractivity contribution in [2.24, 2.45) is 5.73 Å². The Hall–Kier alpha value is -3.02. The average Bonchev–Trinajstić information content (AvgIpc) is 3.22. The number of nitrogens with two attached hydrogens (primary N) is 1. The number of ether oxygens (including phenoxy) is 8. The van der Waals surface area contributed by atoms with Crippen LogP contribution in [0.15, 0.2) is 0 Å². The van der Waals surface area contributed by atoms with Crippen LogP contribution in [0.2, 0.25) is 0 Å². The Kier molecular flexibility index (Phi) is 20.4. The molecule has 0 radical (unpaired) electrons. The van der Waals surface area contributed by atoms with Gasteiger partial charge in [-0.15, -0.1) is 0 Å². The van der Waals surface area contributed by atoms with Crippen LogP contribution in [-0.2, 0) is 86.2 Å². The second-order valence-electron chi connectivity index (χ2n) is 15.4. The van der Waals surface area contributed by atoms with Crippen LogP contribution in [0.1, 0.15) is 33.1 Å². The summed E-state index contributed by atoms with van der Waals surface area (Å²) in [6.07, 6.45) is -38.1. The summed E-state index contributed by atoms with van der Waals surface area (Å²) < 4.78 is 118. The molecule has 20 atom stereocenters. The number of carbonyl (C=O) groups excluding carboxylic acids is 2. The van der Waals surface area contributed by atoms with E-state index in [1.165, 1.54) is 0 Å². The summed E-state index contributed by atoms with van der Waals surface area (Å²) in [6.45, 7) is -0.260. The fourth-order valence-corrected chi connectivity index (χ4v) is 7.95. The van der Waals surface area contributed by atoms with Crippen LogP contribution in [0, 0.1) is 0 Å². The van der Waals surface area contributed by atoms with Crippen molar-refractivity contribution < 1.29 is 137 Å². The second kappa shape index (κ2) is 24.2. The second-order valence-corrected chi connectivity index (χ2v) is 17.6. The van der Waals surface area contributed by atoms with E-state index in [1.54, 1.807) is 0 Å². The van der Waals surface area contributed by atoms with E-state index in [-0.39, 0.29) is 6.61 Å². The number of hydrogen-bond donors (Lipinski definition) is 14. The van der Waals surface area contributed by atoms with Gasteiger partial charge in [0.05, 0.1) is 13.2 Å². The van der Waals surface area contributed by atoms with Crippen molar-refractivity contribution >= 4 is 44.6 Å². The number of aliphatic carboxylic acids is 2. The first kappa shape index (κ1) is 56.6. The van der Waals surface area contributed by atoms with Crippen molar-refractivity contribution in [3.05, 3.63) is 0 Å². The summed E-state index contributed by atoms with van der Waals surface area (Å²) in [6, 6.07) is -3.55. The van der Waals surface area contributed by atoms with Crippen LogP contribution < -0.4 is 16.4 Å². The molecule has 0 aromatic carbocycles. The van der Waals surface area contributed by atoms with Crippen LogP contribution in [0.3, 0.4) is 0 Å². The number of carbonyl (C=O) groups is 4. The highest BCUT2D eigenvalue weighted by Crippen LogP contribution is 2.35. The summed E-state index contributed by atoms with van der Waals surface area (Å²) in [5.41, 5.74) is 5.50. The monoisotopic (exact) mass is 1020 g/mol. The Morgan fingerprint density at radius 3 is 1.42 bits per heavy atom. The Balaban J connectivity index is 1.64. The molecule has 4 heterocycles. The standard InChI is InChI=1S/C33H55N3O29S2/c1-10(37)35-14-16(39)23(12(8-57-66(50,51)52)59-30(14)56-7-5-3-4-6-34)62-33-22(45)20(43)25(27(65-33)29(48)49)63-31-15(36-11(2)38)17(40)24(13(60-31)9-58-67(53,54)55)61-32-21(44)18(41)19(42)26(64-32)28(46)47/h12-27,30-33,39-45H,3-9,34H2,1-2H3,(H,35,37)(H,36,38)(H,46,47)(H,48,49)(H,50,51,52)(H,53,54,55)/t12-,13-,14-,15-,16-,17-,18+,19+,20-,21-,22-,23-,24-,25+,26+,27+,30+,31-,32-,33-/m1/s1. The molecule has 4 aliphatic heterocycles. The zero-order valence-electron chi connectivity index (χ0n) is 35.2. The Bertz CT molecular complexity index is 1900. The molecule has 4 fully saturated rings. The molecule has 32 nitrogen and oxygen atoms in total. The number of amides is 2. The van der Waals surface area contributed by atoms with Gasteiger partial charge in [-0.05, 0) is 25.8 Å². The maximum Gasteiger partial charge on any atom is 0.397 e. The molecule has 0 unspecified atom stereocenters. The first-order valence-electron chi connectivity index (χ1n) is 20.1. The molecule has 0 aromatic heterocycles. The summed E-state index contributed by atoms with van der Waals surface area (Å²) in [4.78, 5) is 49.0. The van der Waals surface area contributed by atoms with E-state index in [0.29, 0.717) is 25.8 Å². The van der Waals surface area contributed by atoms with Crippen molar-refractivity contribution in [1.82, 2.24) is 10.6 Å². The Morgan fingerprint density at radius 2 is 0.970 bits per heavy atom. The number of carboxylic acid groups (broad SMARTS) is 2. The lowest BCUT2D eigenvalue weighted by molar-refractivity contribution is -0.371. The smallest absolute Gasteiger partial charge is 0.397 e. The summed E-state index contributed by atoms with van der Waals surface area (Å²) in [7, 11) is -10.6. The molecule has 0 bridgehead atoms. The maximum atomic E-state index is 12.7. The van der Waals surface area contributed by atoms with Gasteiger partial charge in [-0.3, -0.25) is 18.7 Å². The number of unbranched alkanes of at least 4 members (excludes halogenated alkanes) is 2. The van der Waals surface area contributed by atoms with Crippen LogP contribution >= 0.6 is 0 Å². The predicted octanol–water partition coefficient (Wildman–Crippen LogP) is -8.47. The van der Waals surface area contributed by atoms with Crippen LogP contribution in [0.4, 0.5) is 0 Å². The van der Waals surface area contributed by atoms with Gasteiger partial charge in [0.2, 0.25) is 11.8 Å². The Labute approximate surface area is 379 Å². The molecule has 4 aliphatic rings. The third kappa shape index (κ3) is 15.2. The third-order valence-corrected chi connectivity index (χ3v) is 11.3. The molecule has 34 heteroatoms. The van der Waals surface area contributed by atoms with E-state index in [2.05, 4.69) is 19.0 Å². The normalized spacial score (nSPS) is 39.6. The van der Waals surface area contributed by atoms with E-state index in [9.17, 15) is 91.1 Å². The minimum Gasteiger partial charge on any atom is -0.479 e. The van der Waals surface area contributed by atoms with E-state index in [1.807, 2.05) is 0 Å². The first-order valence-corrected chi connectivity index (χ1v) is 22.8. The molecule has 0 spiro atoms. The van der Waals surface area contributed by atoms with Crippen molar-refractivity contribution in [3.63, 3.8) is 0 Å². The molecule has 2 amide bonds. The van der Waals surface area contributed by atoms with Gasteiger partial charge in [-0.2, -0.15) is 16.8 Å². The van der Waals surface area contributed by atoms with Crippen LogP contribution in [-0.4, -0.2) is 245 Å². The SMILES string of the molecule is CC(=O)N[C@H]1[C@@H](O[C@H]2[C@H](O)[C@@H](O)[C@H](O[C@H]3[C@H](O)[C@@H](NC(C)=O)[C@@H](OCCCCCN)O[C@@H]3COS(=O)(=O)O)O[C@@H]2C(=O)O)O[C@H](COS(=O)(=O)O)[C@@H](O[C@@H]2O[C@H](C(=O)O)[C@@H](O)[C@H](O)[C@H]2O)[C@@H]1O. The highest BCUT2D eigenvalue weighted by molar-refractivity contribution is 7.81. The number of aliphatic hydroxyl groups excluding tert-OH is 7. The molecule has 0 aliphatic carbocycles. The largest absolute Gasteiger partial charge is 0.479 e. The van der Waals surface area contributed by atoms with Gasteiger partial charge in [-0.1, -0.05) is 0 Å². The highest BCUT2D eigenvalue weighted by atomic mass is 32.3. The summed E-state index contributed by atoms with van der Waals surface area (Å²) >= 11 is 0. The van der Waals surface area contributed by atoms with E-state index >= 15 is 0 Å². The van der Waals surface area contributed by atoms with Crippen LogP contribution in [0.25, 0.3) is 0 Å². The zero-order chi connectivity index (χ0) is 50.3. The molecule has 388 valence electrons. The maximum absolute atomic E-state index is 12.7. The minimum absolute atomic E-state index is 0.0455. The first-order chi connectivity index (χ1) is 31.1. The molecule has 0 aromatic rings. The van der Waals surface area contributed by atoms with Gasteiger partial charge in [0.1, 0.15) is 85.3 Å². The van der Waals surface area contributed by atoms with Crippen molar-refractivity contribution in [2.75, 3.05) is 26.4 Å². The van der Waals surface area contributed by atoms with Gasteiger partial charge < -0.3 is 100 Å². The quantitative estimate of drug-likeness (QED) is 0.0354. The fourth-order valence-electron chi connectivity index (χ4n) is 7.34. The summed E-state index contributed by atoms with van der Waals surface area (Å²) in [5.74, 6) is -5.61. The van der Waals surface area contributed by atoms with Crippen LogP contribution in [0.5, 0.6) is 0 Å². The third-order valence-electron chi connectivity index (χ3n) is 10.5. The number of rotatable bonds is 22. The molecule has 4 rings (SSSR count). The van der Waals surface area contributed by atoms with E-state index < -0.39 is 180 Å².